The molecule has 0 radical (unpaired) electrons. The van der Waals surface area contributed by atoms with Crippen LogP contribution in [0.1, 0.15) is 22.3 Å². The first-order chi connectivity index (χ1) is 12.6. The fourth-order valence-corrected chi connectivity index (χ4v) is 3.52. The molecule has 1 amide bonds. The summed E-state index contributed by atoms with van der Waals surface area (Å²) in [4.78, 5) is 18.7. The maximum Gasteiger partial charge on any atom is 0.244 e. The maximum atomic E-state index is 13.7. The van der Waals surface area contributed by atoms with E-state index in [1.54, 1.807) is 23.5 Å². The lowest BCUT2D eigenvalue weighted by Crippen LogP contribution is -2.43. The molecule has 1 fully saturated rings. The van der Waals surface area contributed by atoms with Gasteiger partial charge in [-0.25, -0.2) is 9.37 Å². The van der Waals surface area contributed by atoms with Crippen molar-refractivity contribution in [2.24, 2.45) is 0 Å². The van der Waals surface area contributed by atoms with Crippen LogP contribution in [0.5, 0.6) is 0 Å². The Balaban J connectivity index is 1.65. The number of morpholine rings is 1. The summed E-state index contributed by atoms with van der Waals surface area (Å²) in [7, 11) is 0. The lowest BCUT2D eigenvalue weighted by atomic mass is 10.0. The van der Waals surface area contributed by atoms with E-state index in [4.69, 9.17) is 4.74 Å². The van der Waals surface area contributed by atoms with Gasteiger partial charge in [0.2, 0.25) is 5.91 Å². The molecule has 1 aliphatic heterocycles. The Labute approximate surface area is 156 Å². The van der Waals surface area contributed by atoms with Crippen LogP contribution in [0.2, 0.25) is 0 Å². The number of ether oxygens (including phenoxy) is 1. The van der Waals surface area contributed by atoms with Crippen LogP contribution >= 0.6 is 11.3 Å². The molecule has 1 aromatic carbocycles. The van der Waals surface area contributed by atoms with Crippen molar-refractivity contribution in [3.8, 4) is 0 Å². The highest BCUT2D eigenvalue weighted by molar-refractivity contribution is 7.09. The topological polar surface area (TPSA) is 54.5 Å². The molecular weight excluding hydrogens is 353 g/mol. The fraction of sp³-hybridized carbons (Fsp3) is 0.368. The molecule has 1 aliphatic rings. The van der Waals surface area contributed by atoms with Crippen LogP contribution in [-0.2, 0) is 9.53 Å². The third-order valence-corrected chi connectivity index (χ3v) is 5.02. The number of aryl methyl sites for hydroxylation is 1. The normalized spacial score (nSPS) is 16.7. The van der Waals surface area contributed by atoms with Crippen LogP contribution in [0.3, 0.4) is 0 Å². The van der Waals surface area contributed by atoms with Gasteiger partial charge in [-0.3, -0.25) is 9.69 Å². The van der Waals surface area contributed by atoms with E-state index in [9.17, 15) is 9.18 Å². The number of carbonyl (C=O) groups is 1. The molecule has 0 spiro atoms. The van der Waals surface area contributed by atoms with Gasteiger partial charge in [-0.15, -0.1) is 11.3 Å². The van der Waals surface area contributed by atoms with Gasteiger partial charge < -0.3 is 10.1 Å². The van der Waals surface area contributed by atoms with Crippen molar-refractivity contribution in [2.75, 3.05) is 32.8 Å². The monoisotopic (exact) mass is 375 g/mol. The van der Waals surface area contributed by atoms with Gasteiger partial charge >= 0.3 is 0 Å². The smallest absolute Gasteiger partial charge is 0.244 e. The molecule has 1 aromatic heterocycles. The summed E-state index contributed by atoms with van der Waals surface area (Å²) in [5.74, 6) is -0.462. The quantitative estimate of drug-likeness (QED) is 0.789. The van der Waals surface area contributed by atoms with Gasteiger partial charge in [-0.1, -0.05) is 12.1 Å². The number of amides is 1. The highest BCUT2D eigenvalue weighted by Crippen LogP contribution is 2.22. The minimum absolute atomic E-state index is 0.0894. The van der Waals surface area contributed by atoms with Crippen LogP contribution in [0.15, 0.2) is 35.7 Å². The lowest BCUT2D eigenvalue weighted by molar-refractivity contribution is -0.116. The molecule has 138 valence electrons. The zero-order chi connectivity index (χ0) is 18.4. The number of thiazole rings is 1. The van der Waals surface area contributed by atoms with Gasteiger partial charge in [-0.2, -0.15) is 0 Å². The van der Waals surface area contributed by atoms with E-state index in [-0.39, 0.29) is 17.8 Å². The zero-order valence-corrected chi connectivity index (χ0v) is 15.5. The zero-order valence-electron chi connectivity index (χ0n) is 14.7. The predicted octanol–water partition coefficient (Wildman–Crippen LogP) is 2.79. The van der Waals surface area contributed by atoms with Gasteiger partial charge in [0, 0.05) is 31.1 Å². The van der Waals surface area contributed by atoms with E-state index in [0.29, 0.717) is 19.8 Å². The van der Waals surface area contributed by atoms with E-state index in [2.05, 4.69) is 15.2 Å². The lowest BCUT2D eigenvalue weighted by Gasteiger charge is -2.34. The Kier molecular flexibility index (Phi) is 6.49. The van der Waals surface area contributed by atoms with Gasteiger partial charge in [0.1, 0.15) is 5.82 Å². The molecule has 1 N–H and O–H groups in total. The predicted molar refractivity (Wildman–Crippen MR) is 100 cm³/mol. The second kappa shape index (κ2) is 9.02. The second-order valence-electron chi connectivity index (χ2n) is 6.09. The van der Waals surface area contributed by atoms with Crippen LogP contribution in [0.4, 0.5) is 4.39 Å². The molecule has 1 atom stereocenters. The number of nitrogens with one attached hydrogen (secondary N) is 1. The molecule has 26 heavy (non-hydrogen) atoms. The minimum Gasteiger partial charge on any atom is -0.379 e. The van der Waals surface area contributed by atoms with E-state index in [1.807, 2.05) is 18.4 Å². The number of halogens is 1. The van der Waals surface area contributed by atoms with Crippen LogP contribution in [0.25, 0.3) is 6.08 Å². The first-order valence-corrected chi connectivity index (χ1v) is 9.45. The number of rotatable bonds is 6. The van der Waals surface area contributed by atoms with Crippen LogP contribution in [-0.4, -0.2) is 48.6 Å². The third kappa shape index (κ3) is 5.20. The van der Waals surface area contributed by atoms with Gasteiger partial charge in [-0.05, 0) is 30.7 Å². The van der Waals surface area contributed by atoms with Gasteiger partial charge in [0.05, 0.1) is 30.0 Å². The molecule has 0 unspecified atom stereocenters. The van der Waals surface area contributed by atoms with Crippen molar-refractivity contribution >= 4 is 23.3 Å². The van der Waals surface area contributed by atoms with E-state index in [0.717, 1.165) is 29.4 Å². The highest BCUT2D eigenvalue weighted by Gasteiger charge is 2.23. The Morgan fingerprint density at radius 2 is 2.27 bits per heavy atom. The van der Waals surface area contributed by atoms with Crippen molar-refractivity contribution in [1.82, 2.24) is 15.2 Å². The maximum absolute atomic E-state index is 13.7. The standard InChI is InChI=1S/C19H22FN3O2S/c1-14-22-17(13-26-14)5-6-19(24)21-12-18(23-7-9-25-10-8-23)15-3-2-4-16(20)11-15/h2-6,11,13,18H,7-10,12H2,1H3,(H,21,24)/b6-5-/t18-/m1/s1. The van der Waals surface area contributed by atoms with Crippen LogP contribution < -0.4 is 5.32 Å². The van der Waals surface area contributed by atoms with Gasteiger partial charge in [0.25, 0.3) is 0 Å². The Hall–Kier alpha value is -2.09. The first kappa shape index (κ1) is 18.7. The van der Waals surface area contributed by atoms with Crippen molar-refractivity contribution in [2.45, 2.75) is 13.0 Å². The Bertz CT molecular complexity index is 772. The van der Waals surface area contributed by atoms with Crippen molar-refractivity contribution in [3.63, 3.8) is 0 Å². The number of carbonyl (C=O) groups excluding carboxylic acids is 1. The summed E-state index contributed by atoms with van der Waals surface area (Å²) >= 11 is 1.54. The Morgan fingerprint density at radius 3 is 2.96 bits per heavy atom. The van der Waals surface area contributed by atoms with E-state index < -0.39 is 0 Å². The summed E-state index contributed by atoms with van der Waals surface area (Å²) in [6.07, 6.45) is 3.18. The molecule has 2 heterocycles. The largest absolute Gasteiger partial charge is 0.379 e. The summed E-state index contributed by atoms with van der Waals surface area (Å²) < 4.78 is 19.1. The summed E-state index contributed by atoms with van der Waals surface area (Å²) in [6, 6.07) is 6.46. The number of nitrogens with zero attached hydrogens (tertiary/aromatic N) is 2. The number of hydrogen-bond acceptors (Lipinski definition) is 5. The summed E-state index contributed by atoms with van der Waals surface area (Å²) in [5.41, 5.74) is 1.63. The highest BCUT2D eigenvalue weighted by atomic mass is 32.1. The molecule has 5 nitrogen and oxygen atoms in total. The van der Waals surface area contributed by atoms with E-state index in [1.165, 1.54) is 18.2 Å². The average Bonchev–Trinajstić information content (AvgIpc) is 3.06. The number of hydrogen-bond donors (Lipinski definition) is 1. The average molecular weight is 375 g/mol. The summed E-state index contributed by atoms with van der Waals surface area (Å²) in [5, 5.41) is 5.79. The van der Waals surface area contributed by atoms with Crippen molar-refractivity contribution < 1.29 is 13.9 Å². The van der Waals surface area contributed by atoms with E-state index >= 15 is 0 Å². The molecular formula is C19H22FN3O2S. The minimum atomic E-state index is -0.272. The SMILES string of the molecule is Cc1nc(/C=C\C(=O)NC[C@H](c2cccc(F)c2)N2CCOCC2)cs1. The first-order valence-electron chi connectivity index (χ1n) is 8.57. The Morgan fingerprint density at radius 1 is 1.46 bits per heavy atom. The third-order valence-electron chi connectivity index (χ3n) is 4.23. The molecule has 0 bridgehead atoms. The van der Waals surface area contributed by atoms with Crippen LogP contribution in [0, 0.1) is 12.7 Å². The summed E-state index contributed by atoms with van der Waals surface area (Å²) in [6.45, 7) is 5.12. The van der Waals surface area contributed by atoms with Crippen molar-refractivity contribution in [3.05, 3.63) is 57.8 Å². The van der Waals surface area contributed by atoms with Crippen molar-refractivity contribution in [1.29, 1.82) is 0 Å². The van der Waals surface area contributed by atoms with Gasteiger partial charge in [0.15, 0.2) is 0 Å². The molecule has 7 heteroatoms. The number of benzene rings is 1. The molecule has 2 aromatic rings. The molecule has 0 saturated carbocycles. The fourth-order valence-electron chi connectivity index (χ4n) is 2.93. The molecule has 1 saturated heterocycles. The number of aromatic nitrogens is 1. The molecule has 3 rings (SSSR count). The second-order valence-corrected chi connectivity index (χ2v) is 7.15. The molecule has 0 aliphatic carbocycles.